The molecule has 0 aromatic heterocycles. The first-order valence-electron chi connectivity index (χ1n) is 6.12. The number of anilines is 1. The quantitative estimate of drug-likeness (QED) is 0.863. The summed E-state index contributed by atoms with van der Waals surface area (Å²) in [5.41, 5.74) is 0.465. The molecule has 2 N–H and O–H groups in total. The van der Waals surface area contributed by atoms with Crippen LogP contribution in [0.1, 0.15) is 13.8 Å². The zero-order valence-corrected chi connectivity index (χ0v) is 10.6. The normalized spacial score (nSPS) is 16.4. The van der Waals surface area contributed by atoms with E-state index in [2.05, 4.69) is 29.4 Å². The largest absolute Gasteiger partial charge is 0.333 e. The predicted octanol–water partition coefficient (Wildman–Crippen LogP) is 2.04. The van der Waals surface area contributed by atoms with Crippen LogP contribution >= 0.6 is 0 Å². The molecule has 0 saturated carbocycles. The molecule has 1 aromatic rings. The third-order valence-corrected chi connectivity index (χ3v) is 3.06. The summed E-state index contributed by atoms with van der Waals surface area (Å²) in [7, 11) is 0. The van der Waals surface area contributed by atoms with Gasteiger partial charge in [0, 0.05) is 24.8 Å². The second-order valence-electron chi connectivity index (χ2n) is 4.85. The smallest absolute Gasteiger partial charge is 0.319 e. The van der Waals surface area contributed by atoms with Gasteiger partial charge >= 0.3 is 6.03 Å². The monoisotopic (exact) mass is 251 g/mol. The van der Waals surface area contributed by atoms with E-state index in [1.807, 2.05) is 0 Å². The maximum absolute atomic E-state index is 12.9. The number of halogens is 1. The van der Waals surface area contributed by atoms with Crippen LogP contribution in [-0.4, -0.2) is 36.1 Å². The Kier molecular flexibility index (Phi) is 3.81. The highest BCUT2D eigenvalue weighted by Gasteiger charge is 2.29. The molecule has 0 spiro atoms. The average Bonchev–Trinajstić information content (AvgIpc) is 2.22. The van der Waals surface area contributed by atoms with Crippen LogP contribution in [0.3, 0.4) is 0 Å². The van der Waals surface area contributed by atoms with Crippen LogP contribution in [0.4, 0.5) is 14.9 Å². The summed E-state index contributed by atoms with van der Waals surface area (Å²) in [5, 5.41) is 5.47. The highest BCUT2D eigenvalue weighted by Crippen LogP contribution is 2.12. The number of carbonyl (C=O) groups excluding carboxylic acids is 1. The molecule has 98 valence electrons. The van der Waals surface area contributed by atoms with Crippen molar-refractivity contribution >= 4 is 11.7 Å². The molecule has 1 fully saturated rings. The molecular weight excluding hydrogens is 233 g/mol. The Bertz CT molecular complexity index is 430. The lowest BCUT2D eigenvalue weighted by atomic mass is 10.1. The number of amides is 2. The van der Waals surface area contributed by atoms with Crippen LogP contribution in [0.15, 0.2) is 24.3 Å². The van der Waals surface area contributed by atoms with Gasteiger partial charge < -0.3 is 10.6 Å². The van der Waals surface area contributed by atoms with Crippen molar-refractivity contribution in [2.24, 2.45) is 0 Å². The van der Waals surface area contributed by atoms with Gasteiger partial charge in [-0.1, -0.05) is 6.07 Å². The summed E-state index contributed by atoms with van der Waals surface area (Å²) in [5.74, 6) is -0.359. The lowest BCUT2D eigenvalue weighted by Crippen LogP contribution is -2.61. The minimum Gasteiger partial charge on any atom is -0.333 e. The van der Waals surface area contributed by atoms with Crippen LogP contribution in [0.2, 0.25) is 0 Å². The van der Waals surface area contributed by atoms with Crippen molar-refractivity contribution < 1.29 is 9.18 Å². The van der Waals surface area contributed by atoms with E-state index in [9.17, 15) is 9.18 Å². The molecule has 0 unspecified atom stereocenters. The maximum atomic E-state index is 12.9. The number of rotatable bonds is 3. The highest BCUT2D eigenvalue weighted by atomic mass is 19.1. The van der Waals surface area contributed by atoms with Crippen molar-refractivity contribution in [1.29, 1.82) is 0 Å². The third kappa shape index (κ3) is 3.20. The highest BCUT2D eigenvalue weighted by molar-refractivity contribution is 5.89. The van der Waals surface area contributed by atoms with Gasteiger partial charge in [0.2, 0.25) is 0 Å². The second-order valence-corrected chi connectivity index (χ2v) is 4.85. The Labute approximate surface area is 106 Å². The van der Waals surface area contributed by atoms with Gasteiger partial charge in [0.1, 0.15) is 5.82 Å². The van der Waals surface area contributed by atoms with E-state index < -0.39 is 0 Å². The van der Waals surface area contributed by atoms with Crippen LogP contribution in [-0.2, 0) is 0 Å². The molecular formula is C13H18FN3O. The molecule has 2 rings (SSSR count). The number of benzene rings is 1. The van der Waals surface area contributed by atoms with Crippen molar-refractivity contribution in [3.8, 4) is 0 Å². The summed E-state index contributed by atoms with van der Waals surface area (Å²) in [4.78, 5) is 13.9. The van der Waals surface area contributed by atoms with Crippen molar-refractivity contribution in [3.63, 3.8) is 0 Å². The maximum Gasteiger partial charge on any atom is 0.319 e. The standard InChI is InChI=1S/C13H18FN3O/c1-9(2)17-7-12(8-17)16-13(18)15-11-5-3-4-10(14)6-11/h3-6,9,12H,7-8H2,1-2H3,(H2,15,16,18). The summed E-state index contributed by atoms with van der Waals surface area (Å²) >= 11 is 0. The molecule has 1 heterocycles. The topological polar surface area (TPSA) is 44.4 Å². The van der Waals surface area contributed by atoms with Gasteiger partial charge in [0.05, 0.1) is 6.04 Å². The third-order valence-electron chi connectivity index (χ3n) is 3.06. The Morgan fingerprint density at radius 1 is 1.44 bits per heavy atom. The molecule has 5 heteroatoms. The number of hydrogen-bond acceptors (Lipinski definition) is 2. The Morgan fingerprint density at radius 2 is 2.17 bits per heavy atom. The first-order valence-corrected chi connectivity index (χ1v) is 6.12. The fourth-order valence-corrected chi connectivity index (χ4v) is 1.94. The zero-order chi connectivity index (χ0) is 13.1. The molecule has 1 aliphatic heterocycles. The van der Waals surface area contributed by atoms with E-state index >= 15 is 0 Å². The fourth-order valence-electron chi connectivity index (χ4n) is 1.94. The molecule has 2 amide bonds. The van der Waals surface area contributed by atoms with E-state index in [0.29, 0.717) is 11.7 Å². The number of hydrogen-bond donors (Lipinski definition) is 2. The van der Waals surface area contributed by atoms with Crippen LogP contribution in [0.25, 0.3) is 0 Å². The number of urea groups is 1. The molecule has 4 nitrogen and oxygen atoms in total. The van der Waals surface area contributed by atoms with E-state index in [4.69, 9.17) is 0 Å². The first kappa shape index (κ1) is 12.8. The Hall–Kier alpha value is -1.62. The number of carbonyl (C=O) groups is 1. The van der Waals surface area contributed by atoms with E-state index in [1.165, 1.54) is 12.1 Å². The van der Waals surface area contributed by atoms with Crippen LogP contribution < -0.4 is 10.6 Å². The molecule has 1 saturated heterocycles. The summed E-state index contributed by atoms with van der Waals surface area (Å²) in [6, 6.07) is 6.26. The van der Waals surface area contributed by atoms with Gasteiger partial charge in [-0.05, 0) is 32.0 Å². The fraction of sp³-hybridized carbons (Fsp3) is 0.462. The molecule has 1 aliphatic rings. The van der Waals surface area contributed by atoms with E-state index in [-0.39, 0.29) is 17.9 Å². The minimum atomic E-state index is -0.359. The molecule has 0 aliphatic carbocycles. The first-order chi connectivity index (χ1) is 8.54. The number of likely N-dealkylation sites (tertiary alicyclic amines) is 1. The lowest BCUT2D eigenvalue weighted by molar-refractivity contribution is 0.0975. The Balaban J connectivity index is 1.77. The van der Waals surface area contributed by atoms with E-state index in [1.54, 1.807) is 12.1 Å². The molecule has 0 radical (unpaired) electrons. The molecule has 1 aromatic carbocycles. The van der Waals surface area contributed by atoms with Gasteiger partial charge in [-0.3, -0.25) is 4.90 Å². The molecule has 0 atom stereocenters. The van der Waals surface area contributed by atoms with Gasteiger partial charge in [-0.15, -0.1) is 0 Å². The summed E-state index contributed by atoms with van der Waals surface area (Å²) in [6.45, 7) is 5.99. The lowest BCUT2D eigenvalue weighted by Gasteiger charge is -2.42. The average molecular weight is 251 g/mol. The van der Waals surface area contributed by atoms with Crippen molar-refractivity contribution in [2.45, 2.75) is 25.9 Å². The van der Waals surface area contributed by atoms with Crippen molar-refractivity contribution in [3.05, 3.63) is 30.1 Å². The van der Waals surface area contributed by atoms with Crippen LogP contribution in [0.5, 0.6) is 0 Å². The molecule has 18 heavy (non-hydrogen) atoms. The summed E-state index contributed by atoms with van der Waals surface area (Å²) < 4.78 is 12.9. The SMILES string of the molecule is CC(C)N1CC(NC(=O)Nc2cccc(F)c2)C1. The van der Waals surface area contributed by atoms with Gasteiger partial charge in [-0.25, -0.2) is 9.18 Å². The van der Waals surface area contributed by atoms with E-state index in [0.717, 1.165) is 13.1 Å². The molecule has 0 bridgehead atoms. The van der Waals surface area contributed by atoms with Gasteiger partial charge in [0.25, 0.3) is 0 Å². The predicted molar refractivity (Wildman–Crippen MR) is 69.1 cm³/mol. The Morgan fingerprint density at radius 3 is 2.78 bits per heavy atom. The minimum absolute atomic E-state index is 0.181. The van der Waals surface area contributed by atoms with Crippen LogP contribution in [0, 0.1) is 5.82 Å². The van der Waals surface area contributed by atoms with Crippen molar-refractivity contribution in [2.75, 3.05) is 18.4 Å². The second kappa shape index (κ2) is 5.35. The van der Waals surface area contributed by atoms with Crippen molar-refractivity contribution in [1.82, 2.24) is 10.2 Å². The van der Waals surface area contributed by atoms with Gasteiger partial charge in [-0.2, -0.15) is 0 Å². The zero-order valence-electron chi connectivity index (χ0n) is 10.6. The van der Waals surface area contributed by atoms with Gasteiger partial charge in [0.15, 0.2) is 0 Å². The summed E-state index contributed by atoms with van der Waals surface area (Å²) in [6.07, 6.45) is 0. The number of nitrogens with zero attached hydrogens (tertiary/aromatic N) is 1. The number of nitrogens with one attached hydrogen (secondary N) is 2.